The first kappa shape index (κ1) is 11.3. The summed E-state index contributed by atoms with van der Waals surface area (Å²) in [6.45, 7) is 2.08. The first-order valence-corrected chi connectivity index (χ1v) is 4.05. The van der Waals surface area contributed by atoms with Gasteiger partial charge in [-0.15, -0.1) is 0 Å². The van der Waals surface area contributed by atoms with Crippen LogP contribution in [0.1, 0.15) is 6.92 Å². The van der Waals surface area contributed by atoms with Crippen LogP contribution < -0.4 is 0 Å². The van der Waals surface area contributed by atoms with Gasteiger partial charge in [0.1, 0.15) is 0 Å². The third-order valence-corrected chi connectivity index (χ3v) is 1.92. The molecule has 0 aromatic heterocycles. The number of hydrogen-bond donors (Lipinski definition) is 0. The maximum absolute atomic E-state index is 5.29. The van der Waals surface area contributed by atoms with E-state index in [0.717, 1.165) is 10.4 Å². The van der Waals surface area contributed by atoms with Crippen molar-refractivity contribution in [1.82, 2.24) is 4.90 Å². The zero-order valence-electron chi connectivity index (χ0n) is 9.30. The second-order valence-electron chi connectivity index (χ2n) is 4.00. The number of nitrogens with zero attached hydrogens (tertiary/aromatic N) is 2. The molecule has 0 saturated carbocycles. The van der Waals surface area contributed by atoms with Crippen molar-refractivity contribution in [1.29, 1.82) is 0 Å². The molecule has 0 aliphatic heterocycles. The molecule has 0 spiro atoms. The second kappa shape index (κ2) is 3.81. The summed E-state index contributed by atoms with van der Waals surface area (Å²) in [6, 6.07) is 0. The molecule has 72 valence electrons. The van der Waals surface area contributed by atoms with Crippen LogP contribution in [-0.4, -0.2) is 51.7 Å². The highest BCUT2D eigenvalue weighted by molar-refractivity contribution is 4.95. The Kier molecular flexibility index (Phi) is 3.58. The Morgan fingerprint density at radius 1 is 1.17 bits per heavy atom. The van der Waals surface area contributed by atoms with E-state index in [9.17, 15) is 0 Å². The SMILES string of the molecule is CO/C(=C(/C)[N+](C)(C)C)N(C)C. The Morgan fingerprint density at radius 2 is 1.58 bits per heavy atom. The fourth-order valence-corrected chi connectivity index (χ4v) is 0.941. The summed E-state index contributed by atoms with van der Waals surface area (Å²) >= 11 is 0. The van der Waals surface area contributed by atoms with Crippen LogP contribution in [0.2, 0.25) is 0 Å². The molecule has 0 aromatic rings. The molecule has 12 heavy (non-hydrogen) atoms. The van der Waals surface area contributed by atoms with Gasteiger partial charge in [-0.05, 0) is 0 Å². The van der Waals surface area contributed by atoms with E-state index in [1.165, 1.54) is 5.70 Å². The lowest BCUT2D eigenvalue weighted by molar-refractivity contribution is -0.832. The molecule has 0 aromatic carbocycles. The highest BCUT2D eigenvalue weighted by atomic mass is 16.5. The molecule has 0 fully saturated rings. The minimum Gasteiger partial charge on any atom is -0.478 e. The maximum Gasteiger partial charge on any atom is 0.247 e. The molecule has 0 N–H and O–H groups in total. The summed E-state index contributed by atoms with van der Waals surface area (Å²) in [7, 11) is 12.0. The summed E-state index contributed by atoms with van der Waals surface area (Å²) in [5.74, 6) is 0.933. The quantitative estimate of drug-likeness (QED) is 0.468. The van der Waals surface area contributed by atoms with Crippen LogP contribution >= 0.6 is 0 Å². The fourth-order valence-electron chi connectivity index (χ4n) is 0.941. The van der Waals surface area contributed by atoms with Crippen molar-refractivity contribution in [3.8, 4) is 0 Å². The molecule has 0 atom stereocenters. The number of methoxy groups -OCH3 is 1. The topological polar surface area (TPSA) is 12.5 Å². The van der Waals surface area contributed by atoms with E-state index < -0.39 is 0 Å². The molecule has 0 unspecified atom stereocenters. The van der Waals surface area contributed by atoms with Crippen molar-refractivity contribution in [2.45, 2.75) is 6.92 Å². The van der Waals surface area contributed by atoms with Crippen molar-refractivity contribution in [2.24, 2.45) is 0 Å². The Morgan fingerprint density at radius 3 is 1.67 bits per heavy atom. The van der Waals surface area contributed by atoms with E-state index in [1.807, 2.05) is 19.0 Å². The van der Waals surface area contributed by atoms with E-state index in [-0.39, 0.29) is 0 Å². The zero-order chi connectivity index (χ0) is 9.94. The van der Waals surface area contributed by atoms with E-state index in [2.05, 4.69) is 28.1 Å². The average Bonchev–Trinajstić information content (AvgIpc) is 1.86. The van der Waals surface area contributed by atoms with E-state index in [4.69, 9.17) is 4.74 Å². The maximum atomic E-state index is 5.29. The number of quaternary nitrogens is 1. The summed E-state index contributed by atoms with van der Waals surface area (Å²) in [6.07, 6.45) is 0. The van der Waals surface area contributed by atoms with Gasteiger partial charge < -0.3 is 9.64 Å². The van der Waals surface area contributed by atoms with E-state index >= 15 is 0 Å². The molecular weight excluding hydrogens is 152 g/mol. The van der Waals surface area contributed by atoms with E-state index in [0.29, 0.717) is 0 Å². The molecule has 0 aliphatic rings. The zero-order valence-corrected chi connectivity index (χ0v) is 9.30. The van der Waals surface area contributed by atoms with Crippen molar-refractivity contribution in [2.75, 3.05) is 42.3 Å². The lowest BCUT2D eigenvalue weighted by Gasteiger charge is -2.28. The Balaban J connectivity index is 4.85. The van der Waals surface area contributed by atoms with Crippen molar-refractivity contribution in [3.63, 3.8) is 0 Å². The van der Waals surface area contributed by atoms with Crippen LogP contribution in [-0.2, 0) is 4.74 Å². The fraction of sp³-hybridized carbons (Fsp3) is 0.778. The van der Waals surface area contributed by atoms with Crippen LogP contribution in [0, 0.1) is 0 Å². The molecule has 0 aliphatic carbocycles. The molecule has 3 heteroatoms. The van der Waals surface area contributed by atoms with E-state index in [1.54, 1.807) is 7.11 Å². The first-order valence-electron chi connectivity index (χ1n) is 4.05. The van der Waals surface area contributed by atoms with Gasteiger partial charge in [-0.25, -0.2) is 0 Å². The van der Waals surface area contributed by atoms with Crippen molar-refractivity contribution in [3.05, 3.63) is 11.6 Å². The predicted octanol–water partition coefficient (Wildman–Crippen LogP) is 1.09. The van der Waals surface area contributed by atoms with Crippen LogP contribution in [0.4, 0.5) is 0 Å². The summed E-state index contributed by atoms with van der Waals surface area (Å²) in [5, 5.41) is 0. The average molecular weight is 173 g/mol. The normalized spacial score (nSPS) is 13.9. The third kappa shape index (κ3) is 2.74. The largest absolute Gasteiger partial charge is 0.478 e. The van der Waals surface area contributed by atoms with Crippen LogP contribution in [0.3, 0.4) is 0 Å². The molecule has 0 heterocycles. The number of allylic oxidation sites excluding steroid dienone is 1. The van der Waals surface area contributed by atoms with Gasteiger partial charge in [0.05, 0.1) is 28.3 Å². The summed E-state index contributed by atoms with van der Waals surface area (Å²) < 4.78 is 6.08. The lowest BCUT2D eigenvalue weighted by Crippen LogP contribution is -2.35. The molecule has 0 radical (unpaired) electrons. The van der Waals surface area contributed by atoms with Crippen LogP contribution in [0.5, 0.6) is 0 Å². The minimum atomic E-state index is 0.793. The molecule has 0 saturated heterocycles. The van der Waals surface area contributed by atoms with Gasteiger partial charge in [0.25, 0.3) is 0 Å². The molecule has 0 rings (SSSR count). The highest BCUT2D eigenvalue weighted by Gasteiger charge is 2.18. The van der Waals surface area contributed by atoms with Crippen molar-refractivity contribution >= 4 is 0 Å². The van der Waals surface area contributed by atoms with Crippen LogP contribution in [0.15, 0.2) is 11.6 Å². The molecule has 0 amide bonds. The van der Waals surface area contributed by atoms with Gasteiger partial charge in [-0.1, -0.05) is 0 Å². The van der Waals surface area contributed by atoms with Gasteiger partial charge in [-0.2, -0.15) is 0 Å². The Bertz CT molecular complexity index is 177. The lowest BCUT2D eigenvalue weighted by atomic mass is 10.4. The Hall–Kier alpha value is -0.700. The number of ether oxygens (including phenoxy) is 1. The van der Waals surface area contributed by atoms with Gasteiger partial charge in [0, 0.05) is 21.0 Å². The van der Waals surface area contributed by atoms with Gasteiger partial charge in [0.15, 0.2) is 5.70 Å². The van der Waals surface area contributed by atoms with Gasteiger partial charge in [0.2, 0.25) is 5.88 Å². The minimum absolute atomic E-state index is 0.793. The van der Waals surface area contributed by atoms with Gasteiger partial charge >= 0.3 is 0 Å². The summed E-state index contributed by atoms with van der Waals surface area (Å²) in [5.41, 5.74) is 1.21. The summed E-state index contributed by atoms with van der Waals surface area (Å²) in [4.78, 5) is 1.98. The third-order valence-electron chi connectivity index (χ3n) is 1.92. The molecule has 0 bridgehead atoms. The smallest absolute Gasteiger partial charge is 0.247 e. The molecule has 3 nitrogen and oxygen atoms in total. The standard InChI is InChI=1S/C9H21N2O/c1-8(11(4,5)6)9(12-7)10(2)3/h1-7H3/q+1/b9-8-. The highest BCUT2D eigenvalue weighted by Crippen LogP contribution is 2.14. The predicted molar refractivity (Wildman–Crippen MR) is 51.4 cm³/mol. The van der Waals surface area contributed by atoms with Crippen molar-refractivity contribution < 1.29 is 9.22 Å². The second-order valence-corrected chi connectivity index (χ2v) is 4.00. The monoisotopic (exact) mass is 173 g/mol. The first-order chi connectivity index (χ1) is 5.30. The number of hydrogen-bond acceptors (Lipinski definition) is 2. The van der Waals surface area contributed by atoms with Crippen LogP contribution in [0.25, 0.3) is 0 Å². The Labute approximate surface area is 75.8 Å². The van der Waals surface area contributed by atoms with Gasteiger partial charge in [-0.3, -0.25) is 4.48 Å². The molecular formula is C9H21N2O+. The number of rotatable bonds is 3.